The molecule has 158 valence electrons. The van der Waals surface area contributed by atoms with Crippen LogP contribution >= 0.6 is 11.6 Å². The number of aromatic hydroxyl groups is 1. The van der Waals surface area contributed by atoms with Crippen LogP contribution in [-0.4, -0.2) is 53.3 Å². The predicted octanol–water partition coefficient (Wildman–Crippen LogP) is 1.84. The summed E-state index contributed by atoms with van der Waals surface area (Å²) in [5, 5.41) is 10.3. The first kappa shape index (κ1) is 20.4. The van der Waals surface area contributed by atoms with Crippen molar-refractivity contribution < 1.29 is 22.7 Å². The molecular formula is C19H17ClFN3O5S. The van der Waals surface area contributed by atoms with Gasteiger partial charge in [-0.25, -0.2) is 12.8 Å². The average molecular weight is 454 g/mol. The molecule has 1 aliphatic rings. The highest BCUT2D eigenvalue weighted by Gasteiger charge is 2.33. The van der Waals surface area contributed by atoms with Crippen LogP contribution in [0.25, 0.3) is 10.9 Å². The van der Waals surface area contributed by atoms with Crippen molar-refractivity contribution in [2.24, 2.45) is 0 Å². The molecule has 11 heteroatoms. The number of fused-ring (bicyclic) bond motifs is 3. The zero-order valence-electron chi connectivity index (χ0n) is 16.0. The fraction of sp³-hybridized carbons (Fsp3) is 0.263. The topological polar surface area (TPSA) is 102 Å². The lowest BCUT2D eigenvalue weighted by molar-refractivity contribution is 0.0747. The van der Waals surface area contributed by atoms with Crippen LogP contribution in [0.5, 0.6) is 5.75 Å². The molecular weight excluding hydrogens is 437 g/mol. The molecule has 0 saturated heterocycles. The quantitative estimate of drug-likeness (QED) is 0.652. The Morgan fingerprint density at radius 2 is 1.93 bits per heavy atom. The standard InChI is InChI=1S/C19H17ClFN3O5S/c1-22-5-6-24-15-13(30(2,28)29)9-23(8-10-3-4-12(21)11(20)7-10)18(26)14(15)17(25)16(24)19(22)27/h3-4,7,9,25H,5-6,8H2,1-2H3. The maximum Gasteiger partial charge on any atom is 0.274 e. The maximum atomic E-state index is 13.4. The van der Waals surface area contributed by atoms with Crippen molar-refractivity contribution in [2.45, 2.75) is 18.0 Å². The number of carbonyl (C=O) groups is 1. The number of likely N-dealkylation sites (N-methyl/N-ethyl adjacent to an activating group) is 1. The molecule has 0 atom stereocenters. The molecule has 3 aromatic rings. The minimum Gasteiger partial charge on any atom is -0.505 e. The van der Waals surface area contributed by atoms with Crippen molar-refractivity contribution in [3.05, 3.63) is 56.8 Å². The van der Waals surface area contributed by atoms with Crippen molar-refractivity contribution in [1.82, 2.24) is 14.0 Å². The van der Waals surface area contributed by atoms with Crippen molar-refractivity contribution in [1.29, 1.82) is 0 Å². The fourth-order valence-corrected chi connectivity index (χ4v) is 4.75. The Balaban J connectivity index is 2.04. The normalized spacial score (nSPS) is 14.4. The first-order chi connectivity index (χ1) is 14.0. The molecule has 0 aliphatic carbocycles. The first-order valence-corrected chi connectivity index (χ1v) is 11.2. The molecule has 0 spiro atoms. The van der Waals surface area contributed by atoms with E-state index in [1.54, 1.807) is 7.05 Å². The van der Waals surface area contributed by atoms with Gasteiger partial charge in [0.2, 0.25) is 0 Å². The molecule has 30 heavy (non-hydrogen) atoms. The Bertz CT molecular complexity index is 1390. The number of amides is 1. The number of sulfone groups is 1. The maximum absolute atomic E-state index is 13.4. The van der Waals surface area contributed by atoms with E-state index in [-0.39, 0.29) is 39.6 Å². The van der Waals surface area contributed by atoms with Gasteiger partial charge < -0.3 is 19.1 Å². The van der Waals surface area contributed by atoms with Crippen LogP contribution in [0.2, 0.25) is 5.02 Å². The fourth-order valence-electron chi connectivity index (χ4n) is 3.67. The lowest BCUT2D eigenvalue weighted by Crippen LogP contribution is -2.37. The summed E-state index contributed by atoms with van der Waals surface area (Å²) < 4.78 is 41.0. The number of pyridine rings is 1. The van der Waals surface area contributed by atoms with Crippen molar-refractivity contribution in [3.8, 4) is 5.75 Å². The third-order valence-corrected chi connectivity index (χ3v) is 6.55. The number of rotatable bonds is 3. The molecule has 3 heterocycles. The second-order valence-electron chi connectivity index (χ2n) is 7.25. The summed E-state index contributed by atoms with van der Waals surface area (Å²) in [4.78, 5) is 26.9. The number of halogens is 2. The Labute approximate surface area is 175 Å². The van der Waals surface area contributed by atoms with Gasteiger partial charge in [-0.1, -0.05) is 17.7 Å². The summed E-state index contributed by atoms with van der Waals surface area (Å²) >= 11 is 5.80. The first-order valence-electron chi connectivity index (χ1n) is 8.88. The van der Waals surface area contributed by atoms with Crippen LogP contribution in [0.3, 0.4) is 0 Å². The summed E-state index contributed by atoms with van der Waals surface area (Å²) in [6.45, 7) is 0.425. The molecule has 0 radical (unpaired) electrons. The van der Waals surface area contributed by atoms with E-state index < -0.39 is 32.9 Å². The van der Waals surface area contributed by atoms with E-state index in [9.17, 15) is 27.5 Å². The zero-order chi connectivity index (χ0) is 22.0. The molecule has 1 aliphatic heterocycles. The van der Waals surface area contributed by atoms with E-state index in [4.69, 9.17) is 11.6 Å². The smallest absolute Gasteiger partial charge is 0.274 e. The summed E-state index contributed by atoms with van der Waals surface area (Å²) in [6, 6.07) is 3.89. The van der Waals surface area contributed by atoms with Crippen LogP contribution in [0, 0.1) is 5.82 Å². The third kappa shape index (κ3) is 3.07. The average Bonchev–Trinajstić information content (AvgIpc) is 2.96. The lowest BCUT2D eigenvalue weighted by atomic mass is 10.2. The van der Waals surface area contributed by atoms with Crippen LogP contribution < -0.4 is 5.56 Å². The molecule has 0 bridgehead atoms. The number of aromatic nitrogens is 2. The van der Waals surface area contributed by atoms with Gasteiger partial charge in [0.1, 0.15) is 16.1 Å². The molecule has 0 unspecified atom stereocenters. The van der Waals surface area contributed by atoms with Crippen LogP contribution in [0.15, 0.2) is 34.1 Å². The van der Waals surface area contributed by atoms with Crippen LogP contribution in [0.1, 0.15) is 16.1 Å². The second-order valence-corrected chi connectivity index (χ2v) is 9.64. The van der Waals surface area contributed by atoms with E-state index in [1.807, 2.05) is 0 Å². The number of benzene rings is 1. The minimum absolute atomic E-state index is 0.00448. The summed E-state index contributed by atoms with van der Waals surface area (Å²) in [5.74, 6) is -1.69. The highest BCUT2D eigenvalue weighted by Crippen LogP contribution is 2.36. The van der Waals surface area contributed by atoms with Gasteiger partial charge in [-0.3, -0.25) is 9.59 Å². The summed E-state index contributed by atoms with van der Waals surface area (Å²) in [5.41, 5.74) is -0.331. The highest BCUT2D eigenvalue weighted by atomic mass is 35.5. The van der Waals surface area contributed by atoms with E-state index in [0.29, 0.717) is 12.1 Å². The van der Waals surface area contributed by atoms with Crippen LogP contribution in [-0.2, 0) is 22.9 Å². The van der Waals surface area contributed by atoms with Gasteiger partial charge in [0.15, 0.2) is 21.3 Å². The van der Waals surface area contributed by atoms with Gasteiger partial charge in [0.25, 0.3) is 11.5 Å². The molecule has 2 aromatic heterocycles. The Morgan fingerprint density at radius 1 is 1.23 bits per heavy atom. The van der Waals surface area contributed by atoms with Crippen molar-refractivity contribution >= 4 is 38.2 Å². The molecule has 1 N–H and O–H groups in total. The van der Waals surface area contributed by atoms with Gasteiger partial charge in [0, 0.05) is 32.6 Å². The Morgan fingerprint density at radius 3 is 2.57 bits per heavy atom. The van der Waals surface area contributed by atoms with Crippen molar-refractivity contribution in [2.75, 3.05) is 19.8 Å². The summed E-state index contributed by atoms with van der Waals surface area (Å²) in [6.07, 6.45) is 2.16. The number of hydrogen-bond acceptors (Lipinski definition) is 5. The largest absolute Gasteiger partial charge is 0.505 e. The number of carbonyl (C=O) groups excluding carboxylic acids is 1. The zero-order valence-corrected chi connectivity index (χ0v) is 17.6. The van der Waals surface area contributed by atoms with E-state index in [2.05, 4.69) is 0 Å². The molecule has 0 saturated carbocycles. The van der Waals surface area contributed by atoms with Crippen molar-refractivity contribution in [3.63, 3.8) is 0 Å². The second kappa shape index (κ2) is 6.85. The Hall–Kier alpha value is -2.85. The summed E-state index contributed by atoms with van der Waals surface area (Å²) in [7, 11) is -2.28. The minimum atomic E-state index is -3.83. The predicted molar refractivity (Wildman–Crippen MR) is 108 cm³/mol. The van der Waals surface area contributed by atoms with Gasteiger partial charge in [-0.15, -0.1) is 0 Å². The van der Waals surface area contributed by atoms with E-state index in [1.165, 1.54) is 27.8 Å². The van der Waals surface area contributed by atoms with Gasteiger partial charge in [-0.2, -0.15) is 0 Å². The monoisotopic (exact) mass is 453 g/mol. The molecule has 0 fully saturated rings. The molecule has 4 rings (SSSR count). The third-order valence-electron chi connectivity index (χ3n) is 5.16. The molecule has 8 nitrogen and oxygen atoms in total. The van der Waals surface area contributed by atoms with Gasteiger partial charge >= 0.3 is 0 Å². The number of nitrogens with zero attached hydrogens (tertiary/aromatic N) is 3. The van der Waals surface area contributed by atoms with E-state index in [0.717, 1.165) is 16.9 Å². The Kier molecular flexibility index (Phi) is 4.66. The van der Waals surface area contributed by atoms with Gasteiger partial charge in [0.05, 0.1) is 17.1 Å². The molecule has 1 amide bonds. The number of hydrogen-bond donors (Lipinski definition) is 1. The SMILES string of the molecule is CN1CCn2c(c(O)c3c(=O)n(Cc4ccc(F)c(Cl)c4)cc(S(C)(=O)=O)c32)C1=O. The molecule has 1 aromatic carbocycles. The lowest BCUT2D eigenvalue weighted by Gasteiger charge is -2.25. The van der Waals surface area contributed by atoms with Gasteiger partial charge in [-0.05, 0) is 17.7 Å². The van der Waals surface area contributed by atoms with E-state index >= 15 is 0 Å². The van der Waals surface area contributed by atoms with Crippen LogP contribution in [0.4, 0.5) is 4.39 Å². The highest BCUT2D eigenvalue weighted by molar-refractivity contribution is 7.91.